The molecule has 4 nitrogen and oxygen atoms in total. The van der Waals surface area contributed by atoms with Gasteiger partial charge in [-0.3, -0.25) is 4.79 Å². The molecule has 0 saturated heterocycles. The molecule has 0 aliphatic carbocycles. The van der Waals surface area contributed by atoms with Gasteiger partial charge in [0.15, 0.2) is 0 Å². The molecule has 1 heterocycles. The number of rotatable bonds is 5. The number of amides is 1. The lowest BCUT2D eigenvalue weighted by Crippen LogP contribution is -2.13. The Morgan fingerprint density at radius 3 is 2.43 bits per heavy atom. The Kier molecular flexibility index (Phi) is 5.84. The maximum absolute atomic E-state index is 12.7. The predicted octanol–water partition coefficient (Wildman–Crippen LogP) is 6.70. The molecule has 0 aliphatic rings. The Balaban J connectivity index is 1.55. The summed E-state index contributed by atoms with van der Waals surface area (Å²) in [6.07, 6.45) is 0. The molecule has 6 heteroatoms. The molecule has 0 aliphatic heterocycles. The van der Waals surface area contributed by atoms with Gasteiger partial charge < -0.3 is 10.1 Å². The van der Waals surface area contributed by atoms with Crippen molar-refractivity contribution >= 4 is 34.5 Å². The first-order valence-corrected chi connectivity index (χ1v) is 10.5. The van der Waals surface area contributed by atoms with Gasteiger partial charge in [-0.1, -0.05) is 54.1 Å². The van der Waals surface area contributed by atoms with Crippen molar-refractivity contribution < 1.29 is 9.53 Å². The van der Waals surface area contributed by atoms with Crippen molar-refractivity contribution in [3.63, 3.8) is 0 Å². The van der Waals surface area contributed by atoms with E-state index in [0.29, 0.717) is 22.0 Å². The van der Waals surface area contributed by atoms with Gasteiger partial charge in [0.25, 0.3) is 5.91 Å². The SMILES string of the molecule is COc1ccc(Cl)cc1C(=O)Nc1ccc(-c2nc(-c3ccccc3)sc2C)cc1. The average Bonchev–Trinajstić information content (AvgIpc) is 3.16. The Hall–Kier alpha value is -3.15. The first-order valence-electron chi connectivity index (χ1n) is 9.33. The second-order valence-corrected chi connectivity index (χ2v) is 8.31. The van der Waals surface area contributed by atoms with Crippen LogP contribution in [-0.2, 0) is 0 Å². The third-order valence-corrected chi connectivity index (χ3v) is 5.89. The van der Waals surface area contributed by atoms with E-state index in [9.17, 15) is 4.79 Å². The van der Waals surface area contributed by atoms with E-state index in [4.69, 9.17) is 21.3 Å². The zero-order chi connectivity index (χ0) is 21.1. The van der Waals surface area contributed by atoms with Crippen LogP contribution in [0.5, 0.6) is 5.75 Å². The number of methoxy groups -OCH3 is 1. The zero-order valence-electron chi connectivity index (χ0n) is 16.5. The number of carbonyl (C=O) groups is 1. The van der Waals surface area contributed by atoms with Crippen LogP contribution in [0.25, 0.3) is 21.8 Å². The van der Waals surface area contributed by atoms with Crippen LogP contribution in [0.3, 0.4) is 0 Å². The van der Waals surface area contributed by atoms with Crippen LogP contribution in [0, 0.1) is 6.92 Å². The number of hydrogen-bond donors (Lipinski definition) is 1. The minimum Gasteiger partial charge on any atom is -0.496 e. The highest BCUT2D eigenvalue weighted by molar-refractivity contribution is 7.15. The van der Waals surface area contributed by atoms with E-state index in [-0.39, 0.29) is 5.91 Å². The van der Waals surface area contributed by atoms with E-state index >= 15 is 0 Å². The minimum atomic E-state index is -0.279. The Labute approximate surface area is 184 Å². The molecule has 0 radical (unpaired) electrons. The second kappa shape index (κ2) is 8.69. The van der Waals surface area contributed by atoms with Gasteiger partial charge in [-0.05, 0) is 37.3 Å². The summed E-state index contributed by atoms with van der Waals surface area (Å²) in [6, 6.07) is 22.7. The molecular formula is C24H19ClN2O2S. The molecule has 3 aromatic carbocycles. The van der Waals surface area contributed by atoms with Crippen molar-refractivity contribution in [3.8, 4) is 27.6 Å². The number of hydrogen-bond acceptors (Lipinski definition) is 4. The summed E-state index contributed by atoms with van der Waals surface area (Å²) in [5.74, 6) is 0.193. The van der Waals surface area contributed by atoms with Gasteiger partial charge in [0, 0.05) is 26.7 Å². The molecule has 1 aromatic heterocycles. The van der Waals surface area contributed by atoms with E-state index in [1.807, 2.05) is 42.5 Å². The van der Waals surface area contributed by atoms with Gasteiger partial charge in [-0.25, -0.2) is 4.98 Å². The molecule has 0 saturated carbocycles. The first-order chi connectivity index (χ1) is 14.5. The second-order valence-electron chi connectivity index (χ2n) is 6.67. The van der Waals surface area contributed by atoms with Crippen LogP contribution in [0.2, 0.25) is 5.02 Å². The lowest BCUT2D eigenvalue weighted by molar-refractivity contribution is 0.102. The number of ether oxygens (including phenoxy) is 1. The number of aryl methyl sites for hydroxylation is 1. The molecule has 1 N–H and O–H groups in total. The summed E-state index contributed by atoms with van der Waals surface area (Å²) < 4.78 is 5.26. The van der Waals surface area contributed by atoms with E-state index in [0.717, 1.165) is 26.7 Å². The smallest absolute Gasteiger partial charge is 0.259 e. The molecular weight excluding hydrogens is 416 g/mol. The number of anilines is 1. The Morgan fingerprint density at radius 2 is 1.73 bits per heavy atom. The number of carbonyl (C=O) groups excluding carboxylic acids is 1. The summed E-state index contributed by atoms with van der Waals surface area (Å²) in [4.78, 5) is 18.6. The monoisotopic (exact) mass is 434 g/mol. The first kappa shape index (κ1) is 20.1. The fourth-order valence-corrected chi connectivity index (χ4v) is 4.25. The highest BCUT2D eigenvalue weighted by atomic mass is 35.5. The standard InChI is InChI=1S/C24H19ClN2O2S/c1-15-22(27-24(30-15)17-6-4-3-5-7-17)16-8-11-19(12-9-16)26-23(28)20-14-18(25)10-13-21(20)29-2/h3-14H,1-2H3,(H,26,28). The Morgan fingerprint density at radius 1 is 1.00 bits per heavy atom. The molecule has 30 heavy (non-hydrogen) atoms. The average molecular weight is 435 g/mol. The lowest BCUT2D eigenvalue weighted by Gasteiger charge is -2.10. The van der Waals surface area contributed by atoms with Crippen molar-refractivity contribution in [2.45, 2.75) is 6.92 Å². The van der Waals surface area contributed by atoms with Gasteiger partial charge in [-0.15, -0.1) is 11.3 Å². The van der Waals surface area contributed by atoms with Crippen LogP contribution < -0.4 is 10.1 Å². The summed E-state index contributed by atoms with van der Waals surface area (Å²) in [5, 5.41) is 4.36. The highest BCUT2D eigenvalue weighted by Gasteiger charge is 2.14. The van der Waals surface area contributed by atoms with Crippen LogP contribution in [0.1, 0.15) is 15.2 Å². The summed E-state index contributed by atoms with van der Waals surface area (Å²) in [7, 11) is 1.52. The summed E-state index contributed by atoms with van der Waals surface area (Å²) in [6.45, 7) is 2.07. The number of thiazole rings is 1. The number of halogens is 1. The largest absolute Gasteiger partial charge is 0.496 e. The van der Waals surface area contributed by atoms with Crippen molar-refractivity contribution in [2.24, 2.45) is 0 Å². The maximum Gasteiger partial charge on any atom is 0.259 e. The summed E-state index contributed by atoms with van der Waals surface area (Å²) in [5.41, 5.74) is 4.13. The highest BCUT2D eigenvalue weighted by Crippen LogP contribution is 2.33. The molecule has 150 valence electrons. The third-order valence-electron chi connectivity index (χ3n) is 4.64. The molecule has 0 fully saturated rings. The van der Waals surface area contributed by atoms with Crippen molar-refractivity contribution in [1.29, 1.82) is 0 Å². The molecule has 0 atom stereocenters. The topological polar surface area (TPSA) is 51.2 Å². The number of nitrogens with one attached hydrogen (secondary N) is 1. The van der Waals surface area contributed by atoms with Crippen LogP contribution >= 0.6 is 22.9 Å². The molecule has 0 bridgehead atoms. The van der Waals surface area contributed by atoms with E-state index < -0.39 is 0 Å². The zero-order valence-corrected chi connectivity index (χ0v) is 18.1. The fraction of sp³-hybridized carbons (Fsp3) is 0.0833. The minimum absolute atomic E-state index is 0.279. The molecule has 4 aromatic rings. The van der Waals surface area contributed by atoms with Crippen LogP contribution in [-0.4, -0.2) is 18.0 Å². The number of nitrogens with zero attached hydrogens (tertiary/aromatic N) is 1. The molecule has 0 spiro atoms. The van der Waals surface area contributed by atoms with Crippen LogP contribution in [0.15, 0.2) is 72.8 Å². The fourth-order valence-electron chi connectivity index (χ4n) is 3.14. The Bertz CT molecular complexity index is 1190. The van der Waals surface area contributed by atoms with Gasteiger partial charge >= 0.3 is 0 Å². The normalized spacial score (nSPS) is 10.6. The number of aromatic nitrogens is 1. The maximum atomic E-state index is 12.7. The molecule has 0 unspecified atom stereocenters. The van der Waals surface area contributed by atoms with Gasteiger partial charge in [0.05, 0.1) is 18.4 Å². The van der Waals surface area contributed by atoms with Crippen molar-refractivity contribution in [3.05, 3.63) is 88.3 Å². The summed E-state index contributed by atoms with van der Waals surface area (Å²) >= 11 is 7.70. The predicted molar refractivity (Wildman–Crippen MR) is 124 cm³/mol. The van der Waals surface area contributed by atoms with E-state index in [2.05, 4.69) is 24.4 Å². The lowest BCUT2D eigenvalue weighted by atomic mass is 10.1. The molecule has 1 amide bonds. The van der Waals surface area contributed by atoms with Gasteiger partial charge in [0.2, 0.25) is 0 Å². The van der Waals surface area contributed by atoms with E-state index in [1.165, 1.54) is 7.11 Å². The van der Waals surface area contributed by atoms with E-state index in [1.54, 1.807) is 29.5 Å². The number of benzene rings is 3. The van der Waals surface area contributed by atoms with Crippen molar-refractivity contribution in [2.75, 3.05) is 12.4 Å². The quantitative estimate of drug-likeness (QED) is 0.380. The van der Waals surface area contributed by atoms with Gasteiger partial charge in [-0.2, -0.15) is 0 Å². The third kappa shape index (κ3) is 4.22. The van der Waals surface area contributed by atoms with Gasteiger partial charge in [0.1, 0.15) is 10.8 Å². The van der Waals surface area contributed by atoms with Crippen LogP contribution in [0.4, 0.5) is 5.69 Å². The molecule has 4 rings (SSSR count). The van der Waals surface area contributed by atoms with Crippen molar-refractivity contribution in [1.82, 2.24) is 4.98 Å².